The van der Waals surface area contributed by atoms with Crippen LogP contribution in [0.15, 0.2) is 22.7 Å². The van der Waals surface area contributed by atoms with Crippen LogP contribution in [0.1, 0.15) is 37.8 Å². The smallest absolute Gasteiger partial charge is 0.0589 e. The minimum Gasteiger partial charge on any atom is -0.383 e. The molecule has 0 saturated carbocycles. The van der Waals surface area contributed by atoms with Gasteiger partial charge in [0.05, 0.1) is 6.61 Å². The van der Waals surface area contributed by atoms with Crippen molar-refractivity contribution in [2.45, 2.75) is 45.8 Å². The van der Waals surface area contributed by atoms with Gasteiger partial charge < -0.3 is 10.5 Å². The molecule has 1 aromatic carbocycles. The predicted molar refractivity (Wildman–Crippen MR) is 88.7 cm³/mol. The molecule has 0 bridgehead atoms. The van der Waals surface area contributed by atoms with Crippen molar-refractivity contribution in [1.29, 1.82) is 0 Å². The molecule has 0 aromatic heterocycles. The van der Waals surface area contributed by atoms with Crippen LogP contribution < -0.4 is 5.73 Å². The van der Waals surface area contributed by atoms with Gasteiger partial charge in [-0.15, -0.1) is 0 Å². The van der Waals surface area contributed by atoms with Gasteiger partial charge in [0.2, 0.25) is 0 Å². The Morgan fingerprint density at radius 2 is 2.00 bits per heavy atom. The molecule has 0 heterocycles. The monoisotopic (exact) mass is 342 g/mol. The van der Waals surface area contributed by atoms with Crippen LogP contribution in [0.2, 0.25) is 0 Å². The summed E-state index contributed by atoms with van der Waals surface area (Å²) in [5.74, 6) is 0. The van der Waals surface area contributed by atoms with Gasteiger partial charge >= 0.3 is 0 Å². The van der Waals surface area contributed by atoms with E-state index in [2.05, 4.69) is 52.9 Å². The van der Waals surface area contributed by atoms with Crippen LogP contribution in [0.5, 0.6) is 0 Å². The molecule has 0 aliphatic rings. The Morgan fingerprint density at radius 3 is 2.50 bits per heavy atom. The Labute approximate surface area is 131 Å². The van der Waals surface area contributed by atoms with Crippen molar-refractivity contribution in [2.24, 2.45) is 5.73 Å². The SMILES string of the molecule is CCC(CC)N(CCOC)Cc1ccc(CN)cc1Br. The van der Waals surface area contributed by atoms with E-state index in [0.29, 0.717) is 12.6 Å². The van der Waals surface area contributed by atoms with Gasteiger partial charge in [0.25, 0.3) is 0 Å². The molecule has 0 spiro atoms. The number of nitrogens with zero attached hydrogens (tertiary/aromatic N) is 1. The van der Waals surface area contributed by atoms with E-state index in [1.54, 1.807) is 7.11 Å². The first-order valence-electron chi connectivity index (χ1n) is 7.36. The van der Waals surface area contributed by atoms with Crippen molar-refractivity contribution in [3.05, 3.63) is 33.8 Å². The van der Waals surface area contributed by atoms with Crippen LogP contribution >= 0.6 is 15.9 Å². The highest BCUT2D eigenvalue weighted by molar-refractivity contribution is 9.10. The molecule has 0 aliphatic heterocycles. The molecule has 1 aromatic rings. The largest absolute Gasteiger partial charge is 0.383 e. The van der Waals surface area contributed by atoms with Gasteiger partial charge in [0.15, 0.2) is 0 Å². The van der Waals surface area contributed by atoms with Crippen molar-refractivity contribution in [1.82, 2.24) is 4.90 Å². The highest BCUT2D eigenvalue weighted by atomic mass is 79.9. The number of halogens is 1. The fourth-order valence-electron chi connectivity index (χ4n) is 2.47. The molecule has 0 aliphatic carbocycles. The molecule has 0 radical (unpaired) electrons. The van der Waals surface area contributed by atoms with Gasteiger partial charge in [0.1, 0.15) is 0 Å². The maximum absolute atomic E-state index is 5.68. The number of hydrogen-bond acceptors (Lipinski definition) is 3. The third-order valence-corrected chi connectivity index (χ3v) is 4.51. The second-order valence-electron chi connectivity index (χ2n) is 5.06. The molecule has 114 valence electrons. The lowest BCUT2D eigenvalue weighted by molar-refractivity contribution is 0.110. The van der Waals surface area contributed by atoms with Crippen LogP contribution in [0.3, 0.4) is 0 Å². The maximum atomic E-state index is 5.68. The number of methoxy groups -OCH3 is 1. The Kier molecular flexibility index (Phi) is 8.38. The van der Waals surface area contributed by atoms with E-state index in [4.69, 9.17) is 10.5 Å². The summed E-state index contributed by atoms with van der Waals surface area (Å²) in [4.78, 5) is 2.51. The van der Waals surface area contributed by atoms with E-state index in [-0.39, 0.29) is 0 Å². The van der Waals surface area contributed by atoms with Crippen LogP contribution in [-0.4, -0.2) is 31.2 Å². The van der Waals surface area contributed by atoms with Crippen LogP contribution in [0.25, 0.3) is 0 Å². The molecule has 20 heavy (non-hydrogen) atoms. The van der Waals surface area contributed by atoms with E-state index in [0.717, 1.165) is 29.7 Å². The summed E-state index contributed by atoms with van der Waals surface area (Å²) < 4.78 is 6.39. The third-order valence-electron chi connectivity index (χ3n) is 3.77. The summed E-state index contributed by atoms with van der Waals surface area (Å²) in [5, 5.41) is 0. The second-order valence-corrected chi connectivity index (χ2v) is 5.92. The number of benzene rings is 1. The van der Waals surface area contributed by atoms with Crippen molar-refractivity contribution in [2.75, 3.05) is 20.3 Å². The van der Waals surface area contributed by atoms with Crippen LogP contribution in [0.4, 0.5) is 0 Å². The number of hydrogen-bond donors (Lipinski definition) is 1. The molecule has 0 amide bonds. The Balaban J connectivity index is 2.82. The van der Waals surface area contributed by atoms with Gasteiger partial charge in [-0.05, 0) is 30.0 Å². The summed E-state index contributed by atoms with van der Waals surface area (Å²) in [7, 11) is 1.76. The summed E-state index contributed by atoms with van der Waals surface area (Å²) >= 11 is 3.66. The molecule has 0 saturated heterocycles. The molecular weight excluding hydrogens is 316 g/mol. The zero-order chi connectivity index (χ0) is 15.0. The fraction of sp³-hybridized carbons (Fsp3) is 0.625. The molecule has 3 nitrogen and oxygen atoms in total. The van der Waals surface area contributed by atoms with Crippen molar-refractivity contribution < 1.29 is 4.74 Å². The first-order chi connectivity index (χ1) is 9.65. The van der Waals surface area contributed by atoms with Crippen molar-refractivity contribution >= 4 is 15.9 Å². The Bertz CT molecular complexity index is 394. The topological polar surface area (TPSA) is 38.5 Å². The molecule has 4 heteroatoms. The number of ether oxygens (including phenoxy) is 1. The second kappa shape index (κ2) is 9.50. The lowest BCUT2D eigenvalue weighted by atomic mass is 10.1. The zero-order valence-corrected chi connectivity index (χ0v) is 14.4. The summed E-state index contributed by atoms with van der Waals surface area (Å²) in [6.45, 7) is 7.77. The first kappa shape index (κ1) is 17.6. The van der Waals surface area contributed by atoms with Gasteiger partial charge in [0, 0.05) is 37.3 Å². The summed E-state index contributed by atoms with van der Waals surface area (Å²) in [6.07, 6.45) is 2.33. The average Bonchev–Trinajstić information content (AvgIpc) is 2.47. The summed E-state index contributed by atoms with van der Waals surface area (Å²) in [5.41, 5.74) is 8.15. The minimum atomic E-state index is 0.582. The van der Waals surface area contributed by atoms with E-state index in [9.17, 15) is 0 Å². The maximum Gasteiger partial charge on any atom is 0.0589 e. The van der Waals surface area contributed by atoms with Crippen molar-refractivity contribution in [3.8, 4) is 0 Å². The molecular formula is C16H27BrN2O. The van der Waals surface area contributed by atoms with Crippen LogP contribution in [0, 0.1) is 0 Å². The highest BCUT2D eigenvalue weighted by Gasteiger charge is 2.16. The zero-order valence-electron chi connectivity index (χ0n) is 12.9. The normalized spacial score (nSPS) is 11.6. The van der Waals surface area contributed by atoms with Gasteiger partial charge in [-0.2, -0.15) is 0 Å². The molecule has 0 fully saturated rings. The van der Waals surface area contributed by atoms with E-state index >= 15 is 0 Å². The fourth-order valence-corrected chi connectivity index (χ4v) is 3.02. The Morgan fingerprint density at radius 1 is 1.30 bits per heavy atom. The van der Waals surface area contributed by atoms with Gasteiger partial charge in [-0.3, -0.25) is 4.90 Å². The lowest BCUT2D eigenvalue weighted by Crippen LogP contribution is -2.36. The molecule has 1 rings (SSSR count). The van der Waals surface area contributed by atoms with E-state index in [1.165, 1.54) is 18.4 Å². The quantitative estimate of drug-likeness (QED) is 0.745. The Hall–Kier alpha value is -0.420. The minimum absolute atomic E-state index is 0.582. The molecule has 0 unspecified atom stereocenters. The predicted octanol–water partition coefficient (Wildman–Crippen LogP) is 3.54. The molecule has 0 atom stereocenters. The third kappa shape index (κ3) is 5.17. The molecule has 2 N–H and O–H groups in total. The summed E-state index contributed by atoms with van der Waals surface area (Å²) in [6, 6.07) is 7.01. The first-order valence-corrected chi connectivity index (χ1v) is 8.15. The van der Waals surface area contributed by atoms with Crippen LogP contribution in [-0.2, 0) is 17.8 Å². The highest BCUT2D eigenvalue weighted by Crippen LogP contribution is 2.22. The van der Waals surface area contributed by atoms with E-state index in [1.807, 2.05) is 0 Å². The van der Waals surface area contributed by atoms with Gasteiger partial charge in [-0.25, -0.2) is 0 Å². The lowest BCUT2D eigenvalue weighted by Gasteiger charge is -2.30. The van der Waals surface area contributed by atoms with E-state index < -0.39 is 0 Å². The van der Waals surface area contributed by atoms with Gasteiger partial charge in [-0.1, -0.05) is 41.9 Å². The number of nitrogens with two attached hydrogens (primary N) is 1. The standard InChI is InChI=1S/C16H27BrN2O/c1-4-15(5-2)19(8-9-20-3)12-14-7-6-13(11-18)10-16(14)17/h6-7,10,15H,4-5,8-9,11-12,18H2,1-3H3. The average molecular weight is 343 g/mol. The van der Waals surface area contributed by atoms with Crippen molar-refractivity contribution in [3.63, 3.8) is 0 Å². The number of rotatable bonds is 9.